The minimum atomic E-state index is -0.403. The van der Waals surface area contributed by atoms with Crippen LogP contribution in [0.4, 0.5) is 5.82 Å². The summed E-state index contributed by atoms with van der Waals surface area (Å²) >= 11 is 6.53. The van der Waals surface area contributed by atoms with Crippen molar-refractivity contribution in [1.82, 2.24) is 15.3 Å². The van der Waals surface area contributed by atoms with Crippen molar-refractivity contribution in [2.24, 2.45) is 5.41 Å². The third-order valence-corrected chi connectivity index (χ3v) is 10.4. The molecule has 9 heteroatoms. The molecule has 0 aromatic carbocycles. The maximum atomic E-state index is 9.73. The third kappa shape index (κ3) is 6.36. The summed E-state index contributed by atoms with van der Waals surface area (Å²) in [5, 5.41) is 17.5. The molecule has 2 saturated heterocycles. The van der Waals surface area contributed by atoms with Crippen molar-refractivity contribution in [3.05, 3.63) is 35.5 Å². The molecule has 1 saturated carbocycles. The van der Waals surface area contributed by atoms with Crippen LogP contribution >= 0.6 is 11.6 Å². The minimum absolute atomic E-state index is 0.0387. The van der Waals surface area contributed by atoms with E-state index in [1.807, 2.05) is 18.2 Å². The van der Waals surface area contributed by atoms with Crippen LogP contribution in [-0.4, -0.2) is 70.8 Å². The Morgan fingerprint density at radius 2 is 2.03 bits per heavy atom. The fourth-order valence-electron chi connectivity index (χ4n) is 5.14. The molecule has 0 amide bonds. The van der Waals surface area contributed by atoms with Crippen molar-refractivity contribution in [3.8, 4) is 17.3 Å². The molecule has 2 aliphatic heterocycles. The first kappa shape index (κ1) is 25.0. The van der Waals surface area contributed by atoms with Gasteiger partial charge in [-0.25, -0.2) is 0 Å². The van der Waals surface area contributed by atoms with Gasteiger partial charge < -0.3 is 0 Å². The van der Waals surface area contributed by atoms with Crippen LogP contribution in [0.1, 0.15) is 38.5 Å². The number of hydrogen-bond donors (Lipinski definition) is 2. The summed E-state index contributed by atoms with van der Waals surface area (Å²) in [4.78, 5) is 9.49. The standard InChI is InChI=1S/C26H32AsClN5O2/c28-22-14-30-24(27-18-4-5-19(12-18)32-20-6-9-35-15-20)13-21(22)23-2-1-3-25(33-23)31-17-26(16-29)7-10-34-11-8-26/h1-3,13-14,18-20,32H,4-12,15,17H2,(H,31,33)/t18-,19-,20?/m1/s1. The second-order valence-electron chi connectivity index (χ2n) is 9.81. The van der Waals surface area contributed by atoms with Crippen LogP contribution in [0.2, 0.25) is 9.73 Å². The van der Waals surface area contributed by atoms with Crippen molar-refractivity contribution < 1.29 is 9.47 Å². The Balaban J connectivity index is 1.23. The van der Waals surface area contributed by atoms with Gasteiger partial charge in [0.05, 0.1) is 0 Å². The van der Waals surface area contributed by atoms with Crippen molar-refractivity contribution in [1.29, 1.82) is 5.26 Å². The molecule has 2 aromatic heterocycles. The average molecular weight is 557 g/mol. The Hall–Kier alpha value is -1.68. The first-order chi connectivity index (χ1) is 17.1. The van der Waals surface area contributed by atoms with Crippen molar-refractivity contribution >= 4 is 37.7 Å². The molecule has 185 valence electrons. The van der Waals surface area contributed by atoms with E-state index in [0.717, 1.165) is 58.7 Å². The molecule has 1 unspecified atom stereocenters. The van der Waals surface area contributed by atoms with Crippen LogP contribution in [0.5, 0.6) is 0 Å². The summed E-state index contributed by atoms with van der Waals surface area (Å²) in [5.74, 6) is 0.756. The van der Waals surface area contributed by atoms with Crippen LogP contribution < -0.4 is 15.1 Å². The van der Waals surface area contributed by atoms with Gasteiger partial charge in [-0.3, -0.25) is 0 Å². The van der Waals surface area contributed by atoms with Gasteiger partial charge in [0.2, 0.25) is 0 Å². The number of nitriles is 1. The zero-order valence-corrected chi connectivity index (χ0v) is 22.5. The fraction of sp³-hybridized carbons (Fsp3) is 0.577. The summed E-state index contributed by atoms with van der Waals surface area (Å²) in [7, 11) is 0. The molecule has 4 heterocycles. The van der Waals surface area contributed by atoms with Gasteiger partial charge in [0.25, 0.3) is 0 Å². The quantitative estimate of drug-likeness (QED) is 0.480. The monoisotopic (exact) mass is 556 g/mol. The van der Waals surface area contributed by atoms with Gasteiger partial charge in [0.1, 0.15) is 0 Å². The number of halogens is 1. The predicted octanol–water partition coefficient (Wildman–Crippen LogP) is 3.58. The Morgan fingerprint density at radius 1 is 1.14 bits per heavy atom. The molecule has 1 aliphatic carbocycles. The van der Waals surface area contributed by atoms with Crippen LogP contribution in [0, 0.1) is 16.7 Å². The Labute approximate surface area is 219 Å². The summed E-state index contributed by atoms with van der Waals surface area (Å²) in [6, 6.07) is 11.7. The van der Waals surface area contributed by atoms with Gasteiger partial charge in [0, 0.05) is 0 Å². The second-order valence-corrected chi connectivity index (χ2v) is 13.3. The van der Waals surface area contributed by atoms with E-state index >= 15 is 0 Å². The van der Waals surface area contributed by atoms with Gasteiger partial charge in [-0.2, -0.15) is 0 Å². The molecule has 1 radical (unpaired) electrons. The van der Waals surface area contributed by atoms with E-state index in [1.165, 1.54) is 19.3 Å². The number of ether oxygens (including phenoxy) is 2. The number of aromatic nitrogens is 2. The van der Waals surface area contributed by atoms with E-state index in [1.54, 1.807) is 6.20 Å². The van der Waals surface area contributed by atoms with Crippen LogP contribution in [0.25, 0.3) is 11.3 Å². The summed E-state index contributed by atoms with van der Waals surface area (Å²) in [6.07, 6.45) is 8.10. The summed E-state index contributed by atoms with van der Waals surface area (Å²) in [6.45, 7) is 3.56. The Morgan fingerprint density at radius 3 is 2.83 bits per heavy atom. The number of nitrogens with one attached hydrogen (secondary N) is 2. The van der Waals surface area contributed by atoms with Crippen LogP contribution in [0.3, 0.4) is 0 Å². The molecule has 0 spiro atoms. The molecule has 2 N–H and O–H groups in total. The molecule has 3 atom stereocenters. The van der Waals surface area contributed by atoms with Gasteiger partial charge in [-0.1, -0.05) is 0 Å². The summed E-state index contributed by atoms with van der Waals surface area (Å²) < 4.78 is 12.8. The fourth-order valence-corrected chi connectivity index (χ4v) is 8.15. The van der Waals surface area contributed by atoms with Gasteiger partial charge in [-0.05, 0) is 0 Å². The maximum absolute atomic E-state index is 9.73. The topological polar surface area (TPSA) is 92.1 Å². The van der Waals surface area contributed by atoms with Gasteiger partial charge in [-0.15, -0.1) is 0 Å². The first-order valence-corrected chi connectivity index (χ1v) is 14.9. The van der Waals surface area contributed by atoms with Crippen LogP contribution in [0.15, 0.2) is 30.5 Å². The Bertz CT molecular complexity index is 1050. The molecular weight excluding hydrogens is 525 g/mol. The molecule has 3 aliphatic rings. The van der Waals surface area contributed by atoms with Crippen molar-refractivity contribution in [2.75, 3.05) is 38.3 Å². The zero-order chi connectivity index (χ0) is 24.1. The van der Waals surface area contributed by atoms with Crippen LogP contribution in [-0.2, 0) is 9.47 Å². The summed E-state index contributed by atoms with van der Waals surface area (Å²) in [5.41, 5.74) is 1.35. The SMILES string of the molecule is N#CC1(CNc2cccc(-c3cc([As][C@@H]4CC[C@@H](NC5CCOC5)C4)ncc3Cl)n2)CCOCC1. The number of pyridine rings is 2. The van der Waals surface area contributed by atoms with Gasteiger partial charge in [0.15, 0.2) is 0 Å². The molecule has 35 heavy (non-hydrogen) atoms. The number of rotatable bonds is 8. The molecule has 7 nitrogen and oxygen atoms in total. The molecule has 5 rings (SSSR count). The zero-order valence-electron chi connectivity index (χ0n) is 19.9. The van der Waals surface area contributed by atoms with E-state index in [9.17, 15) is 5.26 Å². The molecule has 0 bridgehead atoms. The molecular formula is C26H32AsClN5O2. The predicted molar refractivity (Wildman–Crippen MR) is 138 cm³/mol. The molecule has 2 aromatic rings. The first-order valence-electron chi connectivity index (χ1n) is 12.5. The van der Waals surface area contributed by atoms with Crippen molar-refractivity contribution in [2.45, 2.75) is 55.3 Å². The van der Waals surface area contributed by atoms with E-state index < -0.39 is 5.41 Å². The van der Waals surface area contributed by atoms with Gasteiger partial charge >= 0.3 is 220 Å². The Kier molecular flexibility index (Phi) is 8.27. The number of hydrogen-bond acceptors (Lipinski definition) is 7. The second kappa shape index (κ2) is 11.6. The number of nitrogens with zero attached hydrogens (tertiary/aromatic N) is 3. The van der Waals surface area contributed by atoms with E-state index in [4.69, 9.17) is 26.1 Å². The average Bonchev–Trinajstić information content (AvgIpc) is 3.57. The normalized spacial score (nSPS) is 26.2. The third-order valence-electron chi connectivity index (χ3n) is 7.28. The number of anilines is 1. The van der Waals surface area contributed by atoms with E-state index in [0.29, 0.717) is 36.9 Å². The van der Waals surface area contributed by atoms with E-state index in [-0.39, 0.29) is 15.8 Å². The molecule has 3 fully saturated rings. The van der Waals surface area contributed by atoms with Crippen molar-refractivity contribution in [3.63, 3.8) is 0 Å². The van der Waals surface area contributed by atoms with E-state index in [2.05, 4.69) is 27.8 Å².